The Morgan fingerprint density at radius 3 is 2.38 bits per heavy atom. The van der Waals surface area contributed by atoms with Gasteiger partial charge in [0.1, 0.15) is 0 Å². The van der Waals surface area contributed by atoms with E-state index in [0.717, 1.165) is 12.8 Å². The second-order valence-electron chi connectivity index (χ2n) is 6.48. The minimum atomic E-state index is -3.30. The fourth-order valence-corrected chi connectivity index (χ4v) is 3.62. The van der Waals surface area contributed by atoms with Crippen molar-refractivity contribution >= 4 is 21.6 Å². The normalized spacial score (nSPS) is 16.1. The third-order valence-electron chi connectivity index (χ3n) is 4.40. The summed E-state index contributed by atoms with van der Waals surface area (Å²) in [6.45, 7) is 1.44. The average Bonchev–Trinajstić information content (AvgIpc) is 2.54. The molecule has 0 saturated heterocycles. The van der Waals surface area contributed by atoms with Gasteiger partial charge in [-0.05, 0) is 44.2 Å². The maximum Gasteiger partial charge on any atom is 0.251 e. The fourth-order valence-electron chi connectivity index (χ4n) is 3.06. The molecule has 0 radical (unpaired) electrons. The summed E-state index contributed by atoms with van der Waals surface area (Å²) < 4.78 is 24.7. The first kappa shape index (κ1) is 18.7. The Balaban J connectivity index is 1.77. The van der Waals surface area contributed by atoms with Gasteiger partial charge in [-0.3, -0.25) is 9.52 Å². The minimum Gasteiger partial charge on any atom is -0.351 e. The maximum atomic E-state index is 12.1. The summed E-state index contributed by atoms with van der Waals surface area (Å²) in [5, 5.41) is 2.92. The molecule has 1 amide bonds. The lowest BCUT2D eigenvalue weighted by atomic mass is 9.94. The first-order chi connectivity index (χ1) is 11.3. The van der Waals surface area contributed by atoms with Gasteiger partial charge in [0.25, 0.3) is 5.91 Å². The van der Waals surface area contributed by atoms with Crippen molar-refractivity contribution in [1.82, 2.24) is 10.2 Å². The van der Waals surface area contributed by atoms with Gasteiger partial charge in [-0.15, -0.1) is 0 Å². The molecule has 134 valence electrons. The lowest BCUT2D eigenvalue weighted by Crippen LogP contribution is -2.39. The SMILES string of the molecule is CN(CCNC(=O)c1ccc(NS(C)(=O)=O)cc1)C1CCCCC1. The van der Waals surface area contributed by atoms with Crippen LogP contribution in [0.15, 0.2) is 24.3 Å². The van der Waals surface area contributed by atoms with Crippen molar-refractivity contribution in [2.45, 2.75) is 38.1 Å². The van der Waals surface area contributed by atoms with Crippen molar-refractivity contribution in [3.05, 3.63) is 29.8 Å². The number of sulfonamides is 1. The Labute approximate surface area is 144 Å². The molecule has 0 unspecified atom stereocenters. The zero-order chi connectivity index (χ0) is 17.6. The quantitative estimate of drug-likeness (QED) is 0.786. The topological polar surface area (TPSA) is 78.5 Å². The zero-order valence-electron chi connectivity index (χ0n) is 14.4. The van der Waals surface area contributed by atoms with Crippen LogP contribution >= 0.6 is 0 Å². The van der Waals surface area contributed by atoms with Crippen LogP contribution in [0.5, 0.6) is 0 Å². The molecule has 0 spiro atoms. The summed E-state index contributed by atoms with van der Waals surface area (Å²) in [4.78, 5) is 14.5. The second-order valence-corrected chi connectivity index (χ2v) is 8.23. The highest BCUT2D eigenvalue weighted by Gasteiger charge is 2.17. The van der Waals surface area contributed by atoms with Crippen LogP contribution in [0.25, 0.3) is 0 Å². The molecule has 0 bridgehead atoms. The van der Waals surface area contributed by atoms with E-state index in [1.165, 1.54) is 32.1 Å². The van der Waals surface area contributed by atoms with Crippen LogP contribution in [-0.2, 0) is 10.0 Å². The highest BCUT2D eigenvalue weighted by atomic mass is 32.2. The van der Waals surface area contributed by atoms with Crippen LogP contribution in [-0.4, -0.2) is 51.7 Å². The summed E-state index contributed by atoms with van der Waals surface area (Å²) in [5.74, 6) is -0.141. The third kappa shape index (κ3) is 6.13. The molecule has 7 heteroatoms. The van der Waals surface area contributed by atoms with Gasteiger partial charge in [-0.1, -0.05) is 19.3 Å². The smallest absolute Gasteiger partial charge is 0.251 e. The molecule has 0 aromatic heterocycles. The third-order valence-corrected chi connectivity index (χ3v) is 5.00. The molecule has 1 saturated carbocycles. The molecule has 1 fully saturated rings. The van der Waals surface area contributed by atoms with E-state index >= 15 is 0 Å². The second kappa shape index (κ2) is 8.48. The number of rotatable bonds is 7. The van der Waals surface area contributed by atoms with Gasteiger partial charge in [-0.2, -0.15) is 0 Å². The van der Waals surface area contributed by atoms with Crippen LogP contribution in [0, 0.1) is 0 Å². The fraction of sp³-hybridized carbons (Fsp3) is 0.588. The first-order valence-corrected chi connectivity index (χ1v) is 10.3. The van der Waals surface area contributed by atoms with E-state index < -0.39 is 10.0 Å². The van der Waals surface area contributed by atoms with Gasteiger partial charge in [0.2, 0.25) is 10.0 Å². The van der Waals surface area contributed by atoms with Gasteiger partial charge in [0.05, 0.1) is 6.26 Å². The van der Waals surface area contributed by atoms with Crippen molar-refractivity contribution in [1.29, 1.82) is 0 Å². The van der Waals surface area contributed by atoms with Gasteiger partial charge in [-0.25, -0.2) is 8.42 Å². The number of amides is 1. The number of nitrogens with one attached hydrogen (secondary N) is 2. The molecule has 6 nitrogen and oxygen atoms in total. The summed E-state index contributed by atoms with van der Waals surface area (Å²) in [6, 6.07) is 7.05. The highest BCUT2D eigenvalue weighted by molar-refractivity contribution is 7.92. The predicted molar refractivity (Wildman–Crippen MR) is 96.7 cm³/mol. The van der Waals surface area contributed by atoms with Crippen molar-refractivity contribution in [2.75, 3.05) is 31.1 Å². The summed E-state index contributed by atoms with van der Waals surface area (Å²) in [5.41, 5.74) is 0.973. The van der Waals surface area contributed by atoms with E-state index in [0.29, 0.717) is 23.8 Å². The Bertz CT molecular complexity index is 638. The number of anilines is 1. The van der Waals surface area contributed by atoms with Crippen LogP contribution in [0.1, 0.15) is 42.5 Å². The molecule has 0 aliphatic heterocycles. The minimum absolute atomic E-state index is 0.141. The lowest BCUT2D eigenvalue weighted by molar-refractivity contribution is 0.0944. The van der Waals surface area contributed by atoms with Crippen molar-refractivity contribution < 1.29 is 13.2 Å². The van der Waals surface area contributed by atoms with E-state index in [2.05, 4.69) is 22.0 Å². The van der Waals surface area contributed by atoms with Gasteiger partial charge in [0, 0.05) is 30.4 Å². The molecule has 2 rings (SSSR count). The zero-order valence-corrected chi connectivity index (χ0v) is 15.2. The molecule has 1 aromatic carbocycles. The Kier molecular flexibility index (Phi) is 6.62. The van der Waals surface area contributed by atoms with Crippen LogP contribution in [0.4, 0.5) is 5.69 Å². The van der Waals surface area contributed by atoms with E-state index in [9.17, 15) is 13.2 Å². The van der Waals surface area contributed by atoms with Crippen molar-refractivity contribution in [2.24, 2.45) is 0 Å². The Morgan fingerprint density at radius 1 is 1.17 bits per heavy atom. The lowest BCUT2D eigenvalue weighted by Gasteiger charge is -2.31. The summed E-state index contributed by atoms with van der Waals surface area (Å²) >= 11 is 0. The standard InChI is InChI=1S/C17H27N3O3S/c1-20(16-6-4-3-5-7-16)13-12-18-17(21)14-8-10-15(11-9-14)19-24(2,22)23/h8-11,16,19H,3-7,12-13H2,1-2H3,(H,18,21). The Hall–Kier alpha value is -1.60. The van der Waals surface area contributed by atoms with E-state index in [4.69, 9.17) is 0 Å². The highest BCUT2D eigenvalue weighted by Crippen LogP contribution is 2.21. The molecule has 1 aliphatic rings. The van der Waals surface area contributed by atoms with Crippen LogP contribution < -0.4 is 10.0 Å². The van der Waals surface area contributed by atoms with Crippen LogP contribution in [0.3, 0.4) is 0 Å². The van der Waals surface area contributed by atoms with Gasteiger partial charge >= 0.3 is 0 Å². The Morgan fingerprint density at radius 2 is 1.79 bits per heavy atom. The molecule has 1 aliphatic carbocycles. The van der Waals surface area contributed by atoms with E-state index in [1.54, 1.807) is 24.3 Å². The van der Waals surface area contributed by atoms with Crippen LogP contribution in [0.2, 0.25) is 0 Å². The average molecular weight is 353 g/mol. The summed E-state index contributed by atoms with van der Waals surface area (Å²) in [6.07, 6.45) is 7.53. The molecular formula is C17H27N3O3S. The first-order valence-electron chi connectivity index (χ1n) is 8.41. The van der Waals surface area contributed by atoms with E-state index in [1.807, 2.05) is 0 Å². The number of benzene rings is 1. The number of hydrogen-bond acceptors (Lipinski definition) is 4. The van der Waals surface area contributed by atoms with Gasteiger partial charge < -0.3 is 10.2 Å². The number of carbonyl (C=O) groups excluding carboxylic acids is 1. The summed E-state index contributed by atoms with van der Waals surface area (Å²) in [7, 11) is -1.18. The molecule has 1 aromatic rings. The van der Waals surface area contributed by atoms with Crippen molar-refractivity contribution in [3.63, 3.8) is 0 Å². The number of nitrogens with zero attached hydrogens (tertiary/aromatic N) is 1. The monoisotopic (exact) mass is 353 g/mol. The number of hydrogen-bond donors (Lipinski definition) is 2. The van der Waals surface area contributed by atoms with Gasteiger partial charge in [0.15, 0.2) is 0 Å². The predicted octanol–water partition coefficient (Wildman–Crippen LogP) is 2.05. The number of carbonyl (C=O) groups is 1. The molecular weight excluding hydrogens is 326 g/mol. The largest absolute Gasteiger partial charge is 0.351 e. The molecule has 0 atom stereocenters. The number of likely N-dealkylation sites (N-methyl/N-ethyl adjacent to an activating group) is 1. The molecule has 24 heavy (non-hydrogen) atoms. The maximum absolute atomic E-state index is 12.1. The molecule has 0 heterocycles. The molecule has 2 N–H and O–H groups in total. The van der Waals surface area contributed by atoms with Crippen molar-refractivity contribution in [3.8, 4) is 0 Å². The van der Waals surface area contributed by atoms with E-state index in [-0.39, 0.29) is 5.91 Å².